The normalized spacial score (nSPS) is 15.8. The van der Waals surface area contributed by atoms with E-state index in [0.717, 1.165) is 31.7 Å². The van der Waals surface area contributed by atoms with Crippen LogP contribution in [0.1, 0.15) is 15.9 Å². The van der Waals surface area contributed by atoms with E-state index in [0.29, 0.717) is 12.1 Å². The lowest BCUT2D eigenvalue weighted by Crippen LogP contribution is -2.47. The van der Waals surface area contributed by atoms with Gasteiger partial charge in [-0.25, -0.2) is 0 Å². The van der Waals surface area contributed by atoms with Crippen LogP contribution in [0.2, 0.25) is 0 Å². The number of likely N-dealkylation sites (N-methyl/N-ethyl adjacent to an activating group) is 1. The molecule has 19 heavy (non-hydrogen) atoms. The molecule has 1 fully saturated rings. The van der Waals surface area contributed by atoms with Gasteiger partial charge in [-0.05, 0) is 25.2 Å². The molecule has 0 unspecified atom stereocenters. The molecule has 1 aromatic rings. The summed E-state index contributed by atoms with van der Waals surface area (Å²) in [5.74, 6) is 5.85. The van der Waals surface area contributed by atoms with Gasteiger partial charge in [-0.1, -0.05) is 17.9 Å². The number of benzene rings is 1. The van der Waals surface area contributed by atoms with Gasteiger partial charge in [0.15, 0.2) is 0 Å². The Balaban J connectivity index is 2.10. The average Bonchev–Trinajstić information content (AvgIpc) is 2.45. The number of amides is 1. The van der Waals surface area contributed by atoms with E-state index in [1.165, 1.54) is 0 Å². The minimum atomic E-state index is 0.0875. The predicted octanol–water partition coefficient (Wildman–Crippen LogP) is 0.384. The quantitative estimate of drug-likeness (QED) is 0.740. The molecule has 0 saturated carbocycles. The van der Waals surface area contributed by atoms with Gasteiger partial charge in [-0.2, -0.15) is 0 Å². The number of rotatable bonds is 1. The summed E-state index contributed by atoms with van der Waals surface area (Å²) in [5, 5.41) is 0. The Morgan fingerprint density at radius 2 is 2.05 bits per heavy atom. The summed E-state index contributed by atoms with van der Waals surface area (Å²) >= 11 is 0. The number of hydrogen-bond donors (Lipinski definition) is 1. The third kappa shape index (κ3) is 3.57. The zero-order chi connectivity index (χ0) is 13.7. The molecular weight excluding hydrogens is 238 g/mol. The van der Waals surface area contributed by atoms with Crippen molar-refractivity contribution < 1.29 is 4.79 Å². The van der Waals surface area contributed by atoms with Crippen LogP contribution in [0.15, 0.2) is 24.3 Å². The maximum Gasteiger partial charge on any atom is 0.253 e. The van der Waals surface area contributed by atoms with E-state index in [2.05, 4.69) is 23.8 Å². The Labute approximate surface area is 114 Å². The molecule has 0 atom stereocenters. The molecule has 0 bridgehead atoms. The van der Waals surface area contributed by atoms with Crippen molar-refractivity contribution in [2.75, 3.05) is 39.8 Å². The second kappa shape index (κ2) is 6.37. The number of nitrogens with two attached hydrogens (primary N) is 1. The highest BCUT2D eigenvalue weighted by atomic mass is 16.2. The Hall–Kier alpha value is -1.83. The van der Waals surface area contributed by atoms with Crippen molar-refractivity contribution in [3.63, 3.8) is 0 Å². The Bertz CT molecular complexity index is 508. The minimum Gasteiger partial charge on any atom is -0.336 e. The third-order valence-electron chi connectivity index (χ3n) is 3.23. The molecule has 0 radical (unpaired) electrons. The molecule has 1 aromatic carbocycles. The summed E-state index contributed by atoms with van der Waals surface area (Å²) in [5.41, 5.74) is 6.89. The van der Waals surface area contributed by atoms with Crippen LogP contribution in [0.3, 0.4) is 0 Å². The van der Waals surface area contributed by atoms with Crippen LogP contribution in [-0.2, 0) is 0 Å². The van der Waals surface area contributed by atoms with E-state index in [9.17, 15) is 4.79 Å². The fourth-order valence-electron chi connectivity index (χ4n) is 2.08. The molecule has 100 valence electrons. The molecule has 2 N–H and O–H groups in total. The zero-order valence-electron chi connectivity index (χ0n) is 11.2. The van der Waals surface area contributed by atoms with Gasteiger partial charge in [-0.15, -0.1) is 0 Å². The largest absolute Gasteiger partial charge is 0.336 e. The molecule has 1 aliphatic rings. The molecule has 2 rings (SSSR count). The molecule has 1 heterocycles. The van der Waals surface area contributed by atoms with Crippen LogP contribution in [0.4, 0.5) is 0 Å². The van der Waals surface area contributed by atoms with Gasteiger partial charge in [0.2, 0.25) is 0 Å². The maximum absolute atomic E-state index is 12.4. The predicted molar refractivity (Wildman–Crippen MR) is 75.8 cm³/mol. The van der Waals surface area contributed by atoms with Crippen molar-refractivity contribution in [1.29, 1.82) is 0 Å². The van der Waals surface area contributed by atoms with Crippen LogP contribution < -0.4 is 5.73 Å². The number of piperazine rings is 1. The summed E-state index contributed by atoms with van der Waals surface area (Å²) in [6.45, 7) is 3.76. The van der Waals surface area contributed by atoms with Crippen molar-refractivity contribution in [3.8, 4) is 11.8 Å². The van der Waals surface area contributed by atoms with Crippen molar-refractivity contribution in [2.45, 2.75) is 0 Å². The first-order chi connectivity index (χ1) is 9.20. The first kappa shape index (κ1) is 13.6. The Kier molecular flexibility index (Phi) is 4.56. The molecule has 1 aliphatic heterocycles. The first-order valence-electron chi connectivity index (χ1n) is 6.47. The van der Waals surface area contributed by atoms with E-state index in [1.807, 2.05) is 29.2 Å². The zero-order valence-corrected chi connectivity index (χ0v) is 11.2. The summed E-state index contributed by atoms with van der Waals surface area (Å²) in [6, 6.07) is 7.44. The van der Waals surface area contributed by atoms with Crippen molar-refractivity contribution in [2.24, 2.45) is 5.73 Å². The highest BCUT2D eigenvalue weighted by molar-refractivity contribution is 5.94. The molecule has 1 saturated heterocycles. The SMILES string of the molecule is CN1CCN(C(=O)c2cccc(C#CCN)c2)CC1. The van der Waals surface area contributed by atoms with Crippen LogP contribution in [0.25, 0.3) is 0 Å². The van der Waals surface area contributed by atoms with Crippen LogP contribution in [0.5, 0.6) is 0 Å². The number of hydrogen-bond acceptors (Lipinski definition) is 3. The third-order valence-corrected chi connectivity index (χ3v) is 3.23. The number of carbonyl (C=O) groups excluding carboxylic acids is 1. The minimum absolute atomic E-state index is 0.0875. The molecule has 1 amide bonds. The van der Waals surface area contributed by atoms with E-state index in [4.69, 9.17) is 5.73 Å². The van der Waals surface area contributed by atoms with E-state index in [-0.39, 0.29) is 5.91 Å². The van der Waals surface area contributed by atoms with Gasteiger partial charge in [0.1, 0.15) is 0 Å². The summed E-state index contributed by atoms with van der Waals surface area (Å²) < 4.78 is 0. The second-order valence-corrected chi connectivity index (χ2v) is 4.68. The molecule has 4 nitrogen and oxygen atoms in total. The van der Waals surface area contributed by atoms with Gasteiger partial charge in [-0.3, -0.25) is 4.79 Å². The summed E-state index contributed by atoms with van der Waals surface area (Å²) in [4.78, 5) is 16.5. The Morgan fingerprint density at radius 3 is 2.74 bits per heavy atom. The molecule has 0 spiro atoms. The number of nitrogens with zero attached hydrogens (tertiary/aromatic N) is 2. The second-order valence-electron chi connectivity index (χ2n) is 4.68. The lowest BCUT2D eigenvalue weighted by Gasteiger charge is -2.32. The highest BCUT2D eigenvalue weighted by Crippen LogP contribution is 2.10. The van der Waals surface area contributed by atoms with Crippen LogP contribution >= 0.6 is 0 Å². The van der Waals surface area contributed by atoms with Gasteiger partial charge in [0.05, 0.1) is 6.54 Å². The molecule has 0 aliphatic carbocycles. The van der Waals surface area contributed by atoms with Gasteiger partial charge < -0.3 is 15.5 Å². The summed E-state index contributed by atoms with van der Waals surface area (Å²) in [7, 11) is 2.07. The van der Waals surface area contributed by atoms with Gasteiger partial charge >= 0.3 is 0 Å². The van der Waals surface area contributed by atoms with E-state index < -0.39 is 0 Å². The van der Waals surface area contributed by atoms with Crippen LogP contribution in [0, 0.1) is 11.8 Å². The molecule has 4 heteroatoms. The fraction of sp³-hybridized carbons (Fsp3) is 0.400. The summed E-state index contributed by atoms with van der Waals surface area (Å²) in [6.07, 6.45) is 0. The van der Waals surface area contributed by atoms with Crippen molar-refractivity contribution in [1.82, 2.24) is 9.80 Å². The number of carbonyl (C=O) groups is 1. The lowest BCUT2D eigenvalue weighted by atomic mass is 10.1. The smallest absolute Gasteiger partial charge is 0.253 e. The fourth-order valence-corrected chi connectivity index (χ4v) is 2.08. The standard InChI is InChI=1S/C15H19N3O/c1-17-8-10-18(11-9-17)15(19)14-6-2-4-13(12-14)5-3-7-16/h2,4,6,12H,7-11,16H2,1H3. The van der Waals surface area contributed by atoms with E-state index >= 15 is 0 Å². The van der Waals surface area contributed by atoms with Crippen molar-refractivity contribution in [3.05, 3.63) is 35.4 Å². The Morgan fingerprint density at radius 1 is 1.32 bits per heavy atom. The van der Waals surface area contributed by atoms with Crippen molar-refractivity contribution >= 4 is 5.91 Å². The highest BCUT2D eigenvalue weighted by Gasteiger charge is 2.20. The van der Waals surface area contributed by atoms with Gasteiger partial charge in [0, 0.05) is 37.3 Å². The monoisotopic (exact) mass is 257 g/mol. The van der Waals surface area contributed by atoms with Crippen LogP contribution in [-0.4, -0.2) is 55.5 Å². The first-order valence-corrected chi connectivity index (χ1v) is 6.47. The average molecular weight is 257 g/mol. The lowest BCUT2D eigenvalue weighted by molar-refractivity contribution is 0.0664. The topological polar surface area (TPSA) is 49.6 Å². The molecular formula is C15H19N3O. The van der Waals surface area contributed by atoms with E-state index in [1.54, 1.807) is 0 Å². The van der Waals surface area contributed by atoms with Gasteiger partial charge in [0.25, 0.3) is 5.91 Å². The molecule has 0 aromatic heterocycles. The maximum atomic E-state index is 12.4.